The van der Waals surface area contributed by atoms with Gasteiger partial charge in [-0.3, -0.25) is 10.1 Å². The highest BCUT2D eigenvalue weighted by Gasteiger charge is 2.29. The van der Waals surface area contributed by atoms with Crippen LogP contribution in [0.5, 0.6) is 0 Å². The Morgan fingerprint density at radius 1 is 1.53 bits per heavy atom. The van der Waals surface area contributed by atoms with E-state index in [1.165, 1.54) is 12.1 Å². The Bertz CT molecular complexity index is 435. The van der Waals surface area contributed by atoms with Crippen LogP contribution in [0.25, 0.3) is 0 Å². The molecule has 1 aliphatic rings. The first-order valence-electron chi connectivity index (χ1n) is 5.65. The molecule has 0 N–H and O–H groups in total. The van der Waals surface area contributed by atoms with E-state index in [9.17, 15) is 14.5 Å². The summed E-state index contributed by atoms with van der Waals surface area (Å²) >= 11 is 6.14. The Balaban J connectivity index is 2.07. The zero-order valence-corrected chi connectivity index (χ0v) is 9.99. The highest BCUT2D eigenvalue weighted by molar-refractivity contribution is 6.20. The summed E-state index contributed by atoms with van der Waals surface area (Å²) in [4.78, 5) is 10.3. The number of nitro groups is 1. The Hall–Kier alpha value is -1.16. The fourth-order valence-corrected chi connectivity index (χ4v) is 2.28. The van der Waals surface area contributed by atoms with E-state index < -0.39 is 10.7 Å². The first kappa shape index (κ1) is 12.3. The molecule has 0 radical (unpaired) electrons. The van der Waals surface area contributed by atoms with Crippen LogP contribution in [-0.4, -0.2) is 10.3 Å². The minimum absolute atomic E-state index is 0.0222. The lowest BCUT2D eigenvalue weighted by molar-refractivity contribution is -0.385. The monoisotopic (exact) mass is 257 g/mol. The molecule has 1 aromatic carbocycles. The van der Waals surface area contributed by atoms with Crippen molar-refractivity contribution < 1.29 is 9.31 Å². The fraction of sp³-hybridized carbons (Fsp3) is 0.500. The van der Waals surface area contributed by atoms with E-state index in [1.807, 2.05) is 0 Å². The third-order valence-corrected chi connectivity index (χ3v) is 3.64. The van der Waals surface area contributed by atoms with Crippen LogP contribution in [0, 0.1) is 21.8 Å². The lowest BCUT2D eigenvalue weighted by atomic mass is 10.0. The van der Waals surface area contributed by atoms with E-state index in [0.29, 0.717) is 24.3 Å². The van der Waals surface area contributed by atoms with Gasteiger partial charge in [0, 0.05) is 17.0 Å². The minimum atomic E-state index is -0.477. The predicted molar refractivity (Wildman–Crippen MR) is 63.7 cm³/mol. The highest BCUT2D eigenvalue weighted by atomic mass is 35.5. The highest BCUT2D eigenvalue weighted by Crippen LogP contribution is 2.38. The standard InChI is InChI=1S/C12H13ClFNO2/c13-11(8-1-2-8)5-3-9-7-10(14)4-6-12(9)15(16)17/h4,6-8,11H,1-3,5H2. The van der Waals surface area contributed by atoms with Gasteiger partial charge in [0.25, 0.3) is 5.69 Å². The summed E-state index contributed by atoms with van der Waals surface area (Å²) in [5.41, 5.74) is 0.410. The average Bonchev–Trinajstić information content (AvgIpc) is 3.09. The van der Waals surface area contributed by atoms with Gasteiger partial charge in [-0.1, -0.05) is 0 Å². The molecular formula is C12H13ClFNO2. The first-order chi connectivity index (χ1) is 8.08. The molecule has 0 saturated heterocycles. The van der Waals surface area contributed by atoms with E-state index >= 15 is 0 Å². The van der Waals surface area contributed by atoms with E-state index in [4.69, 9.17) is 11.6 Å². The molecule has 0 amide bonds. The predicted octanol–water partition coefficient (Wildman–Crippen LogP) is 3.68. The zero-order valence-electron chi connectivity index (χ0n) is 9.23. The topological polar surface area (TPSA) is 43.1 Å². The van der Waals surface area contributed by atoms with Gasteiger partial charge >= 0.3 is 0 Å². The molecule has 0 aliphatic heterocycles. The molecule has 17 heavy (non-hydrogen) atoms. The van der Waals surface area contributed by atoms with Gasteiger partial charge < -0.3 is 0 Å². The van der Waals surface area contributed by atoms with Crippen LogP contribution in [0.2, 0.25) is 0 Å². The molecule has 1 aromatic rings. The summed E-state index contributed by atoms with van der Waals surface area (Å²) in [6.07, 6.45) is 3.40. The number of hydrogen-bond acceptors (Lipinski definition) is 2. The van der Waals surface area contributed by atoms with Crippen LogP contribution < -0.4 is 0 Å². The van der Waals surface area contributed by atoms with Gasteiger partial charge in [0.05, 0.1) is 4.92 Å². The molecular weight excluding hydrogens is 245 g/mol. The molecule has 1 saturated carbocycles. The van der Waals surface area contributed by atoms with E-state index in [0.717, 1.165) is 18.9 Å². The van der Waals surface area contributed by atoms with Crippen LogP contribution in [0.15, 0.2) is 18.2 Å². The van der Waals surface area contributed by atoms with Crippen LogP contribution in [0.1, 0.15) is 24.8 Å². The second kappa shape index (κ2) is 5.00. The largest absolute Gasteiger partial charge is 0.272 e. The number of nitrogens with zero attached hydrogens (tertiary/aromatic N) is 1. The van der Waals surface area contributed by atoms with Crippen molar-refractivity contribution in [2.75, 3.05) is 0 Å². The third-order valence-electron chi connectivity index (χ3n) is 3.06. The van der Waals surface area contributed by atoms with Crippen LogP contribution in [0.4, 0.5) is 10.1 Å². The Morgan fingerprint density at radius 2 is 2.24 bits per heavy atom. The maximum atomic E-state index is 13.1. The number of rotatable bonds is 5. The van der Waals surface area contributed by atoms with E-state index in [-0.39, 0.29) is 11.1 Å². The van der Waals surface area contributed by atoms with Gasteiger partial charge in [0.2, 0.25) is 0 Å². The molecule has 1 aliphatic carbocycles. The zero-order chi connectivity index (χ0) is 12.4. The number of aryl methyl sites for hydroxylation is 1. The van der Waals surface area contributed by atoms with Gasteiger partial charge in [-0.05, 0) is 43.7 Å². The smallest absolute Gasteiger partial charge is 0.258 e. The van der Waals surface area contributed by atoms with E-state index in [2.05, 4.69) is 0 Å². The molecule has 0 heterocycles. The summed E-state index contributed by atoms with van der Waals surface area (Å²) in [6.45, 7) is 0. The van der Waals surface area contributed by atoms with Gasteiger partial charge in [-0.25, -0.2) is 4.39 Å². The number of halogens is 2. The van der Waals surface area contributed by atoms with Crippen molar-refractivity contribution >= 4 is 17.3 Å². The van der Waals surface area contributed by atoms with Crippen molar-refractivity contribution in [1.82, 2.24) is 0 Å². The van der Waals surface area contributed by atoms with Gasteiger partial charge in [0.1, 0.15) is 5.82 Å². The van der Waals surface area contributed by atoms with Gasteiger partial charge in [0.15, 0.2) is 0 Å². The van der Waals surface area contributed by atoms with Crippen molar-refractivity contribution in [3.63, 3.8) is 0 Å². The Kier molecular flexibility index (Phi) is 3.62. The van der Waals surface area contributed by atoms with Crippen molar-refractivity contribution in [2.45, 2.75) is 31.1 Å². The molecule has 0 aromatic heterocycles. The van der Waals surface area contributed by atoms with Crippen molar-refractivity contribution in [3.05, 3.63) is 39.7 Å². The summed E-state index contributed by atoms with van der Waals surface area (Å²) in [5, 5.41) is 10.8. The van der Waals surface area contributed by atoms with Gasteiger partial charge in [-0.2, -0.15) is 0 Å². The van der Waals surface area contributed by atoms with Crippen molar-refractivity contribution in [3.8, 4) is 0 Å². The molecule has 2 rings (SSSR count). The summed E-state index contributed by atoms with van der Waals surface area (Å²) in [5.74, 6) is 0.104. The molecule has 5 heteroatoms. The second-order valence-corrected chi connectivity index (χ2v) is 4.98. The quantitative estimate of drug-likeness (QED) is 0.459. The van der Waals surface area contributed by atoms with Crippen LogP contribution in [-0.2, 0) is 6.42 Å². The Morgan fingerprint density at radius 3 is 2.82 bits per heavy atom. The second-order valence-electron chi connectivity index (χ2n) is 4.42. The summed E-state index contributed by atoms with van der Waals surface area (Å²) < 4.78 is 13.1. The third kappa shape index (κ3) is 3.16. The normalized spacial score (nSPS) is 16.8. The molecule has 0 bridgehead atoms. The van der Waals surface area contributed by atoms with E-state index in [1.54, 1.807) is 0 Å². The Labute approximate surface area is 104 Å². The molecule has 1 unspecified atom stereocenters. The molecule has 1 fully saturated rings. The summed E-state index contributed by atoms with van der Waals surface area (Å²) in [6, 6.07) is 3.56. The van der Waals surface area contributed by atoms with Crippen molar-refractivity contribution in [1.29, 1.82) is 0 Å². The molecule has 0 spiro atoms. The number of benzene rings is 1. The lowest BCUT2D eigenvalue weighted by Gasteiger charge is -2.08. The summed E-state index contributed by atoms with van der Waals surface area (Å²) in [7, 11) is 0. The fourth-order valence-electron chi connectivity index (χ4n) is 1.92. The number of alkyl halides is 1. The molecule has 92 valence electrons. The SMILES string of the molecule is O=[N+]([O-])c1ccc(F)cc1CCC(Cl)C1CC1. The minimum Gasteiger partial charge on any atom is -0.258 e. The lowest BCUT2D eigenvalue weighted by Crippen LogP contribution is -2.05. The molecule has 1 atom stereocenters. The van der Waals surface area contributed by atoms with Crippen LogP contribution >= 0.6 is 11.6 Å². The number of hydrogen-bond donors (Lipinski definition) is 0. The molecule has 3 nitrogen and oxygen atoms in total. The maximum absolute atomic E-state index is 13.1. The van der Waals surface area contributed by atoms with Gasteiger partial charge in [-0.15, -0.1) is 11.6 Å². The average molecular weight is 258 g/mol. The first-order valence-corrected chi connectivity index (χ1v) is 6.08. The van der Waals surface area contributed by atoms with Crippen molar-refractivity contribution in [2.24, 2.45) is 5.92 Å². The number of nitro benzene ring substituents is 1. The van der Waals surface area contributed by atoms with Crippen LogP contribution in [0.3, 0.4) is 0 Å². The maximum Gasteiger partial charge on any atom is 0.272 e.